The molecule has 2 rings (SSSR count). The van der Waals surface area contributed by atoms with Crippen LogP contribution in [0.25, 0.3) is 0 Å². The molecule has 0 aromatic carbocycles. The number of anilines is 1. The molecule has 0 unspecified atom stereocenters. The number of rotatable bonds is 4. The fourth-order valence-corrected chi connectivity index (χ4v) is 2.34. The standard InChI is InChI=1S/C12H15N3OS/c1-4-13-11-8(2)12(15-7-14-11)17-10-5-6-16-9(10)3/h5-7H,4H2,1-3H3,(H,13,14,15). The second-order valence-corrected chi connectivity index (χ2v) is 4.66. The van der Waals surface area contributed by atoms with Crippen molar-refractivity contribution < 1.29 is 4.42 Å². The molecule has 2 heterocycles. The maximum Gasteiger partial charge on any atom is 0.133 e. The lowest BCUT2D eigenvalue weighted by Gasteiger charge is -2.09. The fourth-order valence-electron chi connectivity index (χ4n) is 1.47. The molecule has 0 radical (unpaired) electrons. The lowest BCUT2D eigenvalue weighted by Crippen LogP contribution is -2.03. The molecule has 17 heavy (non-hydrogen) atoms. The number of furan rings is 1. The number of nitrogens with zero attached hydrogens (tertiary/aromatic N) is 2. The van der Waals surface area contributed by atoms with E-state index in [1.54, 1.807) is 24.4 Å². The van der Waals surface area contributed by atoms with E-state index in [4.69, 9.17) is 4.42 Å². The van der Waals surface area contributed by atoms with E-state index >= 15 is 0 Å². The third-order valence-electron chi connectivity index (χ3n) is 2.40. The summed E-state index contributed by atoms with van der Waals surface area (Å²) in [7, 11) is 0. The van der Waals surface area contributed by atoms with Gasteiger partial charge in [-0.05, 0) is 26.8 Å². The van der Waals surface area contributed by atoms with Crippen LogP contribution < -0.4 is 5.32 Å². The molecule has 5 heteroatoms. The third-order valence-corrected chi connectivity index (χ3v) is 3.65. The molecule has 0 aliphatic heterocycles. The normalized spacial score (nSPS) is 10.5. The van der Waals surface area contributed by atoms with Crippen LogP contribution in [-0.2, 0) is 0 Å². The quantitative estimate of drug-likeness (QED) is 0.843. The summed E-state index contributed by atoms with van der Waals surface area (Å²) < 4.78 is 5.27. The Labute approximate surface area is 105 Å². The zero-order valence-electron chi connectivity index (χ0n) is 10.2. The zero-order valence-corrected chi connectivity index (χ0v) is 11.0. The first-order valence-electron chi connectivity index (χ1n) is 5.49. The van der Waals surface area contributed by atoms with Crippen molar-refractivity contribution in [1.29, 1.82) is 0 Å². The third kappa shape index (κ3) is 2.61. The lowest BCUT2D eigenvalue weighted by molar-refractivity contribution is 0.527. The smallest absolute Gasteiger partial charge is 0.133 e. The van der Waals surface area contributed by atoms with Gasteiger partial charge in [0.15, 0.2) is 0 Å². The first kappa shape index (κ1) is 12.0. The highest BCUT2D eigenvalue weighted by Crippen LogP contribution is 2.32. The van der Waals surface area contributed by atoms with E-state index in [1.165, 1.54) is 0 Å². The Bertz CT molecular complexity index is 510. The summed E-state index contributed by atoms with van der Waals surface area (Å²) in [6, 6.07) is 1.95. The van der Waals surface area contributed by atoms with Gasteiger partial charge in [0.1, 0.15) is 22.9 Å². The average molecular weight is 249 g/mol. The van der Waals surface area contributed by atoms with Gasteiger partial charge in [-0.15, -0.1) is 0 Å². The van der Waals surface area contributed by atoms with Crippen LogP contribution in [0.3, 0.4) is 0 Å². The molecule has 0 bridgehead atoms. The Morgan fingerprint density at radius 1 is 1.35 bits per heavy atom. The Morgan fingerprint density at radius 3 is 2.82 bits per heavy atom. The molecule has 2 aromatic rings. The van der Waals surface area contributed by atoms with Gasteiger partial charge in [0.2, 0.25) is 0 Å². The molecular formula is C12H15N3OS. The van der Waals surface area contributed by atoms with Gasteiger partial charge in [-0.25, -0.2) is 9.97 Å². The van der Waals surface area contributed by atoms with Crippen molar-refractivity contribution in [3.8, 4) is 0 Å². The van der Waals surface area contributed by atoms with E-state index in [0.29, 0.717) is 0 Å². The first-order valence-corrected chi connectivity index (χ1v) is 6.31. The Kier molecular flexibility index (Phi) is 3.68. The maximum absolute atomic E-state index is 5.27. The molecule has 0 spiro atoms. The maximum atomic E-state index is 5.27. The van der Waals surface area contributed by atoms with Gasteiger partial charge in [0.25, 0.3) is 0 Å². The van der Waals surface area contributed by atoms with Crippen molar-refractivity contribution in [2.75, 3.05) is 11.9 Å². The molecule has 4 nitrogen and oxygen atoms in total. The molecule has 0 fully saturated rings. The minimum absolute atomic E-state index is 0.854. The van der Waals surface area contributed by atoms with E-state index in [2.05, 4.69) is 22.2 Å². The molecule has 0 atom stereocenters. The first-order chi connectivity index (χ1) is 8.22. The molecule has 1 N–H and O–H groups in total. The summed E-state index contributed by atoms with van der Waals surface area (Å²) >= 11 is 1.60. The summed E-state index contributed by atoms with van der Waals surface area (Å²) in [4.78, 5) is 9.62. The second-order valence-electron chi connectivity index (χ2n) is 3.63. The highest BCUT2D eigenvalue weighted by Gasteiger charge is 2.10. The number of aromatic nitrogens is 2. The second kappa shape index (κ2) is 5.23. The summed E-state index contributed by atoms with van der Waals surface area (Å²) in [6.45, 7) is 6.88. The van der Waals surface area contributed by atoms with Gasteiger partial charge < -0.3 is 9.73 Å². The number of aryl methyl sites for hydroxylation is 1. The predicted molar refractivity (Wildman–Crippen MR) is 68.5 cm³/mol. The monoisotopic (exact) mass is 249 g/mol. The van der Waals surface area contributed by atoms with Gasteiger partial charge in [-0.1, -0.05) is 11.8 Å². The number of nitrogens with one attached hydrogen (secondary N) is 1. The van der Waals surface area contributed by atoms with Gasteiger partial charge >= 0.3 is 0 Å². The number of hydrogen-bond acceptors (Lipinski definition) is 5. The van der Waals surface area contributed by atoms with Crippen molar-refractivity contribution in [3.05, 3.63) is 30.0 Å². The van der Waals surface area contributed by atoms with Gasteiger partial charge in [0.05, 0.1) is 11.2 Å². The van der Waals surface area contributed by atoms with Crippen molar-refractivity contribution >= 4 is 17.6 Å². The van der Waals surface area contributed by atoms with E-state index in [-0.39, 0.29) is 0 Å². The van der Waals surface area contributed by atoms with Crippen molar-refractivity contribution in [2.45, 2.75) is 30.7 Å². The minimum atomic E-state index is 0.854. The number of hydrogen-bond donors (Lipinski definition) is 1. The largest absolute Gasteiger partial charge is 0.468 e. The van der Waals surface area contributed by atoms with Crippen LogP contribution >= 0.6 is 11.8 Å². The average Bonchev–Trinajstić information content (AvgIpc) is 2.70. The van der Waals surface area contributed by atoms with E-state index < -0.39 is 0 Å². The van der Waals surface area contributed by atoms with Gasteiger partial charge in [-0.2, -0.15) is 0 Å². The van der Waals surface area contributed by atoms with Crippen molar-refractivity contribution in [1.82, 2.24) is 9.97 Å². The molecule has 2 aromatic heterocycles. The minimum Gasteiger partial charge on any atom is -0.468 e. The van der Waals surface area contributed by atoms with Gasteiger partial charge in [0, 0.05) is 12.1 Å². The van der Waals surface area contributed by atoms with Crippen LogP contribution in [0.15, 0.2) is 33.0 Å². The molecule has 90 valence electrons. The molecule has 0 amide bonds. The van der Waals surface area contributed by atoms with Gasteiger partial charge in [-0.3, -0.25) is 0 Å². The summed E-state index contributed by atoms with van der Waals surface area (Å²) in [6.07, 6.45) is 3.28. The van der Waals surface area contributed by atoms with E-state index in [9.17, 15) is 0 Å². The van der Waals surface area contributed by atoms with Crippen LogP contribution in [-0.4, -0.2) is 16.5 Å². The van der Waals surface area contributed by atoms with Crippen LogP contribution in [0, 0.1) is 13.8 Å². The van der Waals surface area contributed by atoms with Crippen LogP contribution in [0.4, 0.5) is 5.82 Å². The van der Waals surface area contributed by atoms with E-state index in [1.807, 2.05) is 19.9 Å². The fraction of sp³-hybridized carbons (Fsp3) is 0.333. The Morgan fingerprint density at radius 2 is 2.18 bits per heavy atom. The molecule has 0 aliphatic carbocycles. The summed E-state index contributed by atoms with van der Waals surface area (Å²) in [5, 5.41) is 4.18. The van der Waals surface area contributed by atoms with Crippen molar-refractivity contribution in [3.63, 3.8) is 0 Å². The zero-order chi connectivity index (χ0) is 12.3. The van der Waals surface area contributed by atoms with Crippen LogP contribution in [0.1, 0.15) is 18.2 Å². The Hall–Kier alpha value is -1.49. The SMILES string of the molecule is CCNc1ncnc(Sc2ccoc2C)c1C. The summed E-state index contributed by atoms with van der Waals surface area (Å²) in [5.74, 6) is 1.81. The lowest BCUT2D eigenvalue weighted by atomic mass is 10.3. The van der Waals surface area contributed by atoms with Crippen molar-refractivity contribution in [2.24, 2.45) is 0 Å². The highest BCUT2D eigenvalue weighted by atomic mass is 32.2. The molecule has 0 saturated heterocycles. The molecular weight excluding hydrogens is 234 g/mol. The highest BCUT2D eigenvalue weighted by molar-refractivity contribution is 7.99. The van der Waals surface area contributed by atoms with Crippen LogP contribution in [0.2, 0.25) is 0 Å². The summed E-state index contributed by atoms with van der Waals surface area (Å²) in [5.41, 5.74) is 1.07. The topological polar surface area (TPSA) is 51.0 Å². The molecule has 0 aliphatic rings. The predicted octanol–water partition coefficient (Wildman–Crippen LogP) is 3.27. The van der Waals surface area contributed by atoms with Crippen LogP contribution in [0.5, 0.6) is 0 Å². The molecule has 0 saturated carbocycles. The Balaban J connectivity index is 2.27. The van der Waals surface area contributed by atoms with E-state index in [0.717, 1.165) is 33.6 Å².